The second kappa shape index (κ2) is 6.31. The molecule has 2 amide bonds. The van der Waals surface area contributed by atoms with Gasteiger partial charge in [0.15, 0.2) is 5.82 Å². The predicted molar refractivity (Wildman–Crippen MR) is 89.6 cm³/mol. The van der Waals surface area contributed by atoms with Gasteiger partial charge >= 0.3 is 0 Å². The van der Waals surface area contributed by atoms with Crippen LogP contribution in [0.3, 0.4) is 0 Å². The summed E-state index contributed by atoms with van der Waals surface area (Å²) in [5.74, 6) is 0.752. The van der Waals surface area contributed by atoms with Gasteiger partial charge in [0.2, 0.25) is 17.7 Å². The first-order chi connectivity index (χ1) is 12.1. The van der Waals surface area contributed by atoms with E-state index in [1.165, 1.54) is 0 Å². The summed E-state index contributed by atoms with van der Waals surface area (Å²) in [6, 6.07) is 9.34. The van der Waals surface area contributed by atoms with Crippen molar-refractivity contribution in [2.45, 2.75) is 32.2 Å². The van der Waals surface area contributed by atoms with Gasteiger partial charge in [0.25, 0.3) is 0 Å². The highest BCUT2D eigenvalue weighted by Gasteiger charge is 2.41. The lowest BCUT2D eigenvalue weighted by Crippen LogP contribution is -2.37. The fraction of sp³-hybridized carbons (Fsp3) is 0.444. The number of hydrogen-bond acceptors (Lipinski definition) is 5. The van der Waals surface area contributed by atoms with E-state index in [2.05, 4.69) is 10.1 Å². The molecule has 3 heterocycles. The van der Waals surface area contributed by atoms with Gasteiger partial charge in [-0.1, -0.05) is 23.4 Å². The molecule has 2 fully saturated rings. The lowest BCUT2D eigenvalue weighted by atomic mass is 10.1. The first-order valence-electron chi connectivity index (χ1n) is 8.59. The van der Waals surface area contributed by atoms with Crippen molar-refractivity contribution in [1.82, 2.24) is 15.0 Å². The summed E-state index contributed by atoms with van der Waals surface area (Å²) in [7, 11) is 0. The second-order valence-corrected chi connectivity index (χ2v) is 6.60. The average Bonchev–Trinajstić information content (AvgIpc) is 3.34. The molecule has 0 N–H and O–H groups in total. The zero-order chi connectivity index (χ0) is 17.4. The van der Waals surface area contributed by atoms with E-state index < -0.39 is 0 Å². The molecule has 0 aliphatic carbocycles. The van der Waals surface area contributed by atoms with Crippen molar-refractivity contribution in [3.8, 4) is 0 Å². The first kappa shape index (κ1) is 15.8. The molecule has 2 aromatic rings. The molecule has 130 valence electrons. The van der Waals surface area contributed by atoms with Crippen LogP contribution in [0.15, 0.2) is 34.9 Å². The zero-order valence-electron chi connectivity index (χ0n) is 14.1. The van der Waals surface area contributed by atoms with E-state index in [0.717, 1.165) is 18.5 Å². The highest BCUT2D eigenvalue weighted by atomic mass is 16.5. The molecule has 0 unspecified atom stereocenters. The Morgan fingerprint density at radius 2 is 2.08 bits per heavy atom. The largest absolute Gasteiger partial charge is 0.340 e. The molecular weight excluding hydrogens is 320 g/mol. The minimum atomic E-state index is -0.318. The number of anilines is 1. The summed E-state index contributed by atoms with van der Waals surface area (Å²) >= 11 is 0. The predicted octanol–water partition coefficient (Wildman–Crippen LogP) is 2.09. The van der Waals surface area contributed by atoms with Crippen molar-refractivity contribution in [2.24, 2.45) is 5.92 Å². The minimum Gasteiger partial charge on any atom is -0.340 e. The van der Waals surface area contributed by atoms with Gasteiger partial charge in [-0.05, 0) is 25.0 Å². The summed E-state index contributed by atoms with van der Waals surface area (Å²) in [6.45, 7) is 2.84. The fourth-order valence-corrected chi connectivity index (χ4v) is 3.71. The van der Waals surface area contributed by atoms with Crippen molar-refractivity contribution >= 4 is 17.5 Å². The van der Waals surface area contributed by atoms with Crippen LogP contribution >= 0.6 is 0 Å². The summed E-state index contributed by atoms with van der Waals surface area (Å²) < 4.78 is 5.06. The van der Waals surface area contributed by atoms with Gasteiger partial charge in [0, 0.05) is 32.1 Å². The van der Waals surface area contributed by atoms with Gasteiger partial charge in [0.05, 0.1) is 12.0 Å². The summed E-state index contributed by atoms with van der Waals surface area (Å²) in [4.78, 5) is 33.2. The van der Waals surface area contributed by atoms with E-state index in [9.17, 15) is 9.59 Å². The molecule has 25 heavy (non-hydrogen) atoms. The van der Waals surface area contributed by atoms with Gasteiger partial charge in [0.1, 0.15) is 0 Å². The van der Waals surface area contributed by atoms with Crippen molar-refractivity contribution in [3.05, 3.63) is 42.0 Å². The summed E-state index contributed by atoms with van der Waals surface area (Å²) in [5.41, 5.74) is 0.842. The van der Waals surface area contributed by atoms with Crippen molar-refractivity contribution in [2.75, 3.05) is 18.0 Å². The Morgan fingerprint density at radius 1 is 1.28 bits per heavy atom. The Kier molecular flexibility index (Phi) is 3.99. The third-order valence-electron chi connectivity index (χ3n) is 4.92. The number of carbonyl (C=O) groups is 2. The monoisotopic (exact) mass is 340 g/mol. The van der Waals surface area contributed by atoms with Crippen LogP contribution in [0.1, 0.15) is 37.0 Å². The van der Waals surface area contributed by atoms with Crippen molar-refractivity contribution in [1.29, 1.82) is 0 Å². The Bertz CT molecular complexity index is 789. The second-order valence-electron chi connectivity index (χ2n) is 6.60. The summed E-state index contributed by atoms with van der Waals surface area (Å²) in [5, 5.41) is 3.98. The molecule has 1 aromatic heterocycles. The van der Waals surface area contributed by atoms with Crippen molar-refractivity contribution < 1.29 is 14.1 Å². The van der Waals surface area contributed by atoms with Crippen LogP contribution in [0.25, 0.3) is 0 Å². The van der Waals surface area contributed by atoms with Crippen LogP contribution < -0.4 is 4.90 Å². The molecule has 0 saturated carbocycles. The van der Waals surface area contributed by atoms with Gasteiger partial charge in [-0.3, -0.25) is 9.59 Å². The summed E-state index contributed by atoms with van der Waals surface area (Å²) in [6.07, 6.45) is 1.99. The highest BCUT2D eigenvalue weighted by molar-refractivity contribution is 6.00. The Labute approximate surface area is 145 Å². The van der Waals surface area contributed by atoms with E-state index in [1.807, 2.05) is 35.2 Å². The lowest BCUT2D eigenvalue weighted by Gasteiger charge is -2.25. The molecule has 2 saturated heterocycles. The number of carbonyl (C=O) groups excluding carboxylic acids is 2. The Morgan fingerprint density at radius 3 is 2.80 bits per heavy atom. The number of para-hydroxylation sites is 1. The van der Waals surface area contributed by atoms with Gasteiger partial charge < -0.3 is 14.3 Å². The number of amides is 2. The molecule has 2 atom stereocenters. The topological polar surface area (TPSA) is 79.5 Å². The SMILES string of the molecule is Cc1nc([C@H]2CCCN2C(=O)[C@H]2CC(=O)N(c3ccccc3)C2)no1. The molecule has 0 bridgehead atoms. The van der Waals surface area contributed by atoms with Crippen LogP contribution in [-0.2, 0) is 9.59 Å². The third kappa shape index (κ3) is 2.90. The van der Waals surface area contributed by atoms with Crippen molar-refractivity contribution in [3.63, 3.8) is 0 Å². The maximum atomic E-state index is 13.0. The van der Waals surface area contributed by atoms with Crippen LogP contribution in [0.2, 0.25) is 0 Å². The fourth-order valence-electron chi connectivity index (χ4n) is 3.71. The van der Waals surface area contributed by atoms with Gasteiger partial charge in [-0.25, -0.2) is 0 Å². The normalized spacial score (nSPS) is 23.5. The van der Waals surface area contributed by atoms with Gasteiger partial charge in [-0.15, -0.1) is 0 Å². The number of aryl methyl sites for hydroxylation is 1. The molecule has 4 rings (SSSR count). The highest BCUT2D eigenvalue weighted by Crippen LogP contribution is 2.34. The minimum absolute atomic E-state index is 0.00398. The maximum Gasteiger partial charge on any atom is 0.228 e. The molecular formula is C18H20N4O3. The molecule has 0 spiro atoms. The Balaban J connectivity index is 1.50. The molecule has 7 heteroatoms. The third-order valence-corrected chi connectivity index (χ3v) is 4.92. The van der Waals surface area contributed by atoms with E-state index >= 15 is 0 Å². The van der Waals surface area contributed by atoms with Gasteiger partial charge in [-0.2, -0.15) is 4.98 Å². The first-order valence-corrected chi connectivity index (χ1v) is 8.59. The molecule has 2 aliphatic rings. The number of likely N-dealkylation sites (tertiary alicyclic amines) is 1. The number of aromatic nitrogens is 2. The average molecular weight is 340 g/mol. The van der Waals surface area contributed by atoms with E-state index in [4.69, 9.17) is 4.52 Å². The quantitative estimate of drug-likeness (QED) is 0.855. The van der Waals surface area contributed by atoms with E-state index in [1.54, 1.807) is 11.8 Å². The standard InChI is InChI=1S/C18H20N4O3/c1-12-19-17(20-25-12)15-8-5-9-21(15)18(24)13-10-16(23)22(11-13)14-6-3-2-4-7-14/h2-4,6-7,13,15H,5,8-11H2,1H3/t13-,15+/m0/s1. The van der Waals surface area contributed by atoms with E-state index in [0.29, 0.717) is 24.8 Å². The number of nitrogens with zero attached hydrogens (tertiary/aromatic N) is 4. The lowest BCUT2D eigenvalue weighted by molar-refractivity contribution is -0.136. The Hall–Kier alpha value is -2.70. The van der Waals surface area contributed by atoms with Crippen LogP contribution in [-0.4, -0.2) is 39.9 Å². The number of benzene rings is 1. The number of hydrogen-bond donors (Lipinski definition) is 0. The molecule has 2 aliphatic heterocycles. The molecule has 7 nitrogen and oxygen atoms in total. The maximum absolute atomic E-state index is 13.0. The van der Waals surface area contributed by atoms with Crippen LogP contribution in [0, 0.1) is 12.8 Å². The molecule has 1 aromatic carbocycles. The number of rotatable bonds is 3. The molecule has 0 radical (unpaired) electrons. The van der Waals surface area contributed by atoms with Crippen LogP contribution in [0.5, 0.6) is 0 Å². The van der Waals surface area contributed by atoms with Crippen LogP contribution in [0.4, 0.5) is 5.69 Å². The zero-order valence-corrected chi connectivity index (χ0v) is 14.1. The smallest absolute Gasteiger partial charge is 0.228 e. The van der Waals surface area contributed by atoms with E-state index in [-0.39, 0.29) is 30.2 Å².